The van der Waals surface area contributed by atoms with Crippen molar-refractivity contribution in [2.75, 3.05) is 39.5 Å². The normalized spacial score (nSPS) is 25.9. The maximum absolute atomic E-state index is 12.1. The summed E-state index contributed by atoms with van der Waals surface area (Å²) in [6.07, 6.45) is 3.37. The number of fused-ring (bicyclic) bond motifs is 1. The molecular weight excluding hydrogens is 282 g/mol. The Bertz CT molecular complexity index is 589. The molecule has 0 N–H and O–H groups in total. The fraction of sp³-hybridized carbons (Fsp3) is 0.750. The minimum Gasteiger partial charge on any atom is -0.376 e. The van der Waals surface area contributed by atoms with Crippen molar-refractivity contribution in [3.63, 3.8) is 0 Å². The number of hydrogen-bond acceptors (Lipinski definition) is 5. The summed E-state index contributed by atoms with van der Waals surface area (Å²) >= 11 is 0. The topological polar surface area (TPSA) is 56.6 Å². The van der Waals surface area contributed by atoms with Crippen LogP contribution in [0, 0.1) is 5.92 Å². The highest BCUT2D eigenvalue weighted by molar-refractivity contribution is 5.22. The van der Waals surface area contributed by atoms with E-state index in [1.54, 1.807) is 10.7 Å². The first-order valence-corrected chi connectivity index (χ1v) is 8.29. The fourth-order valence-electron chi connectivity index (χ4n) is 3.69. The number of likely N-dealkylation sites (tertiary alicyclic amines) is 1. The third-order valence-corrected chi connectivity index (χ3v) is 4.83. The summed E-state index contributed by atoms with van der Waals surface area (Å²) < 4.78 is 12.8. The zero-order chi connectivity index (χ0) is 14.9. The third kappa shape index (κ3) is 2.95. The maximum Gasteiger partial charge on any atom is 0.267 e. The summed E-state index contributed by atoms with van der Waals surface area (Å²) in [5.41, 5.74) is 2.34. The van der Waals surface area contributed by atoms with Crippen LogP contribution >= 0.6 is 0 Å². The van der Waals surface area contributed by atoms with Crippen LogP contribution in [0.1, 0.15) is 17.7 Å². The fourth-order valence-corrected chi connectivity index (χ4v) is 3.69. The van der Waals surface area contributed by atoms with Gasteiger partial charge in [0.2, 0.25) is 0 Å². The second-order valence-corrected chi connectivity index (χ2v) is 6.64. The molecule has 3 aliphatic rings. The molecule has 1 aliphatic carbocycles. The Balaban J connectivity index is 1.30. The zero-order valence-corrected chi connectivity index (χ0v) is 12.9. The van der Waals surface area contributed by atoms with Crippen molar-refractivity contribution in [2.24, 2.45) is 5.92 Å². The van der Waals surface area contributed by atoms with E-state index >= 15 is 0 Å². The Kier molecular flexibility index (Phi) is 3.98. The molecule has 0 bridgehead atoms. The van der Waals surface area contributed by atoms with Crippen LogP contribution in [0.25, 0.3) is 0 Å². The lowest BCUT2D eigenvalue weighted by Crippen LogP contribution is -2.53. The van der Waals surface area contributed by atoms with Crippen LogP contribution in [0.4, 0.5) is 0 Å². The van der Waals surface area contributed by atoms with Gasteiger partial charge in [-0.05, 0) is 24.8 Å². The molecule has 120 valence electrons. The van der Waals surface area contributed by atoms with Crippen LogP contribution < -0.4 is 5.56 Å². The van der Waals surface area contributed by atoms with Gasteiger partial charge in [0, 0.05) is 31.6 Å². The van der Waals surface area contributed by atoms with Crippen molar-refractivity contribution in [1.82, 2.24) is 14.7 Å². The van der Waals surface area contributed by atoms with Crippen molar-refractivity contribution < 1.29 is 9.47 Å². The van der Waals surface area contributed by atoms with Crippen LogP contribution in [0.3, 0.4) is 0 Å². The van der Waals surface area contributed by atoms with Gasteiger partial charge in [-0.1, -0.05) is 0 Å². The van der Waals surface area contributed by atoms with Gasteiger partial charge in [-0.25, -0.2) is 4.68 Å². The average molecular weight is 305 g/mol. The van der Waals surface area contributed by atoms with E-state index in [-0.39, 0.29) is 11.7 Å². The van der Waals surface area contributed by atoms with Gasteiger partial charge in [-0.2, -0.15) is 5.10 Å². The summed E-state index contributed by atoms with van der Waals surface area (Å²) in [6.45, 7) is 5.83. The predicted molar refractivity (Wildman–Crippen MR) is 81.0 cm³/mol. The second kappa shape index (κ2) is 6.10. The summed E-state index contributed by atoms with van der Waals surface area (Å²) in [5, 5.41) is 4.56. The lowest BCUT2D eigenvalue weighted by Gasteiger charge is -2.41. The monoisotopic (exact) mass is 305 g/mol. The quantitative estimate of drug-likeness (QED) is 0.788. The molecule has 3 heterocycles. The van der Waals surface area contributed by atoms with Gasteiger partial charge in [0.1, 0.15) is 0 Å². The highest BCUT2D eigenvalue weighted by Crippen LogP contribution is 2.20. The molecule has 4 rings (SSSR count). The van der Waals surface area contributed by atoms with Crippen LogP contribution in [0.2, 0.25) is 0 Å². The van der Waals surface area contributed by atoms with Gasteiger partial charge in [0.15, 0.2) is 0 Å². The van der Waals surface area contributed by atoms with Crippen molar-refractivity contribution in [3.8, 4) is 0 Å². The molecular formula is C16H23N3O3. The van der Waals surface area contributed by atoms with E-state index in [9.17, 15) is 4.79 Å². The number of nitrogens with zero attached hydrogens (tertiary/aromatic N) is 3. The summed E-state index contributed by atoms with van der Waals surface area (Å²) in [7, 11) is 0. The Hall–Kier alpha value is -1.24. The van der Waals surface area contributed by atoms with Gasteiger partial charge in [-0.3, -0.25) is 9.69 Å². The molecule has 1 unspecified atom stereocenters. The van der Waals surface area contributed by atoms with E-state index in [1.807, 2.05) is 0 Å². The Morgan fingerprint density at radius 3 is 2.95 bits per heavy atom. The van der Waals surface area contributed by atoms with Crippen molar-refractivity contribution in [1.29, 1.82) is 0 Å². The van der Waals surface area contributed by atoms with E-state index in [4.69, 9.17) is 9.47 Å². The number of ether oxygens (including phenoxy) is 2. The molecule has 2 aliphatic heterocycles. The molecule has 1 atom stereocenters. The van der Waals surface area contributed by atoms with E-state index in [1.165, 1.54) is 0 Å². The summed E-state index contributed by atoms with van der Waals surface area (Å²) in [6, 6.07) is 1.79. The Morgan fingerprint density at radius 1 is 1.23 bits per heavy atom. The lowest BCUT2D eigenvalue weighted by molar-refractivity contribution is -0.107. The van der Waals surface area contributed by atoms with Crippen LogP contribution in [0.5, 0.6) is 0 Å². The first-order valence-electron chi connectivity index (χ1n) is 8.29. The first-order chi connectivity index (χ1) is 10.8. The summed E-state index contributed by atoms with van der Waals surface area (Å²) in [5.74, 6) is 0.522. The zero-order valence-electron chi connectivity index (χ0n) is 12.9. The molecule has 0 aromatic carbocycles. The molecule has 0 saturated carbocycles. The van der Waals surface area contributed by atoms with Crippen molar-refractivity contribution in [2.45, 2.75) is 31.9 Å². The largest absolute Gasteiger partial charge is 0.376 e. The molecule has 0 amide bonds. The van der Waals surface area contributed by atoms with Crippen LogP contribution in [0.15, 0.2) is 10.9 Å². The van der Waals surface area contributed by atoms with E-state index in [0.29, 0.717) is 25.7 Å². The van der Waals surface area contributed by atoms with E-state index in [0.717, 1.165) is 56.7 Å². The van der Waals surface area contributed by atoms with Gasteiger partial charge in [0.05, 0.1) is 38.2 Å². The molecule has 6 nitrogen and oxygen atoms in total. The smallest absolute Gasteiger partial charge is 0.267 e. The summed E-state index contributed by atoms with van der Waals surface area (Å²) in [4.78, 5) is 14.5. The SMILES string of the molecule is O=c1cc2c(nn1CC1CN(CC3COCCO3)C1)CCC2. The minimum absolute atomic E-state index is 0.0584. The highest BCUT2D eigenvalue weighted by atomic mass is 16.6. The number of aromatic nitrogens is 2. The Labute approximate surface area is 130 Å². The Morgan fingerprint density at radius 2 is 2.14 bits per heavy atom. The second-order valence-electron chi connectivity index (χ2n) is 6.64. The third-order valence-electron chi connectivity index (χ3n) is 4.83. The highest BCUT2D eigenvalue weighted by Gasteiger charge is 2.30. The van der Waals surface area contributed by atoms with Crippen LogP contribution in [-0.4, -0.2) is 60.2 Å². The number of rotatable bonds is 4. The molecule has 2 fully saturated rings. The van der Waals surface area contributed by atoms with Gasteiger partial charge in [0.25, 0.3) is 5.56 Å². The van der Waals surface area contributed by atoms with Gasteiger partial charge < -0.3 is 9.47 Å². The molecule has 22 heavy (non-hydrogen) atoms. The number of aryl methyl sites for hydroxylation is 2. The molecule has 0 radical (unpaired) electrons. The predicted octanol–water partition coefficient (Wildman–Crippen LogP) is 0.0792. The molecule has 1 aromatic rings. The van der Waals surface area contributed by atoms with Crippen molar-refractivity contribution >= 4 is 0 Å². The van der Waals surface area contributed by atoms with Crippen LogP contribution in [-0.2, 0) is 28.9 Å². The number of hydrogen-bond donors (Lipinski definition) is 0. The molecule has 1 aromatic heterocycles. The minimum atomic E-state index is 0.0584. The first kappa shape index (κ1) is 14.4. The maximum atomic E-state index is 12.1. The van der Waals surface area contributed by atoms with E-state index < -0.39 is 0 Å². The molecule has 6 heteroatoms. The average Bonchev–Trinajstić information content (AvgIpc) is 2.93. The molecule has 0 spiro atoms. The van der Waals surface area contributed by atoms with Crippen molar-refractivity contribution in [3.05, 3.63) is 27.7 Å². The standard InChI is InChI=1S/C16H23N3O3/c20-16-6-13-2-1-3-15(13)17-19(16)9-12-7-18(8-12)10-14-11-21-4-5-22-14/h6,12,14H,1-5,7-11H2. The van der Waals surface area contributed by atoms with Gasteiger partial charge in [-0.15, -0.1) is 0 Å². The lowest BCUT2D eigenvalue weighted by atomic mass is 9.99. The van der Waals surface area contributed by atoms with Gasteiger partial charge >= 0.3 is 0 Å². The van der Waals surface area contributed by atoms with E-state index in [2.05, 4.69) is 10.00 Å². The molecule has 2 saturated heterocycles.